The molecular weight excluding hydrogens is 385 g/mol. The summed E-state index contributed by atoms with van der Waals surface area (Å²) in [6.45, 7) is 0. The number of hydrogen-bond acceptors (Lipinski definition) is 2. The lowest BCUT2D eigenvalue weighted by molar-refractivity contribution is -0.140. The summed E-state index contributed by atoms with van der Waals surface area (Å²) in [5.74, 6) is -2.00. The van der Waals surface area contributed by atoms with Crippen molar-refractivity contribution in [3.05, 3.63) is 53.3 Å². The highest BCUT2D eigenvalue weighted by Gasteiger charge is 2.35. The molecule has 0 radical (unpaired) electrons. The van der Waals surface area contributed by atoms with Gasteiger partial charge in [-0.3, -0.25) is 0 Å². The van der Waals surface area contributed by atoms with Crippen LogP contribution in [0.3, 0.4) is 0 Å². The average Bonchev–Trinajstić information content (AvgIpc) is 2.54. The number of carbonyl (C=O) groups excluding carboxylic acids is 1. The van der Waals surface area contributed by atoms with Crippen molar-refractivity contribution < 1.29 is 40.3 Å². The monoisotopic (exact) mass is 396 g/mol. The first-order chi connectivity index (χ1) is 12.4. The number of anilines is 2. The van der Waals surface area contributed by atoms with Crippen LogP contribution in [-0.4, -0.2) is 13.1 Å². The van der Waals surface area contributed by atoms with Gasteiger partial charge in [0.1, 0.15) is 11.6 Å². The SMILES string of the molecule is COc1ccc(NC(=O)Nc2ccc(F)c(C(F)(F)F)c2)cc1C(F)(F)F. The van der Waals surface area contributed by atoms with E-state index in [1.807, 2.05) is 10.6 Å². The largest absolute Gasteiger partial charge is 0.496 e. The van der Waals surface area contributed by atoms with Crippen LogP contribution in [0, 0.1) is 5.82 Å². The minimum absolute atomic E-state index is 0.279. The van der Waals surface area contributed by atoms with Crippen LogP contribution in [0.25, 0.3) is 0 Å². The van der Waals surface area contributed by atoms with E-state index in [0.717, 1.165) is 25.3 Å². The van der Waals surface area contributed by atoms with E-state index in [0.29, 0.717) is 18.2 Å². The molecule has 27 heavy (non-hydrogen) atoms. The Balaban J connectivity index is 2.19. The second-order valence-corrected chi connectivity index (χ2v) is 5.18. The molecule has 0 aliphatic carbocycles. The van der Waals surface area contributed by atoms with Gasteiger partial charge in [-0.2, -0.15) is 26.3 Å². The van der Waals surface area contributed by atoms with Crippen molar-refractivity contribution in [2.45, 2.75) is 12.4 Å². The van der Waals surface area contributed by atoms with Gasteiger partial charge in [-0.25, -0.2) is 9.18 Å². The molecule has 0 saturated carbocycles. The highest BCUT2D eigenvalue weighted by atomic mass is 19.4. The molecule has 2 amide bonds. The molecule has 0 bridgehead atoms. The quantitative estimate of drug-likeness (QED) is 0.672. The maximum Gasteiger partial charge on any atom is 0.420 e. The number of ether oxygens (including phenoxy) is 1. The topological polar surface area (TPSA) is 50.4 Å². The zero-order valence-corrected chi connectivity index (χ0v) is 13.4. The molecule has 0 aromatic heterocycles. The molecule has 2 N–H and O–H groups in total. The third kappa shape index (κ3) is 5.02. The summed E-state index contributed by atoms with van der Waals surface area (Å²) < 4.78 is 94.6. The molecule has 0 fully saturated rings. The zero-order valence-electron chi connectivity index (χ0n) is 13.4. The van der Waals surface area contributed by atoms with Crippen LogP contribution in [0.4, 0.5) is 46.9 Å². The molecular formula is C16H11F7N2O2. The molecule has 0 aliphatic rings. The highest BCUT2D eigenvalue weighted by Crippen LogP contribution is 2.38. The Bertz CT molecular complexity index is 848. The maximum atomic E-state index is 13.2. The van der Waals surface area contributed by atoms with Crippen LogP contribution >= 0.6 is 0 Å². The van der Waals surface area contributed by atoms with Crippen molar-refractivity contribution in [2.75, 3.05) is 17.7 Å². The van der Waals surface area contributed by atoms with E-state index in [-0.39, 0.29) is 5.69 Å². The van der Waals surface area contributed by atoms with Crippen molar-refractivity contribution >= 4 is 17.4 Å². The predicted octanol–water partition coefficient (Wildman–Crippen LogP) is 5.52. The lowest BCUT2D eigenvalue weighted by Crippen LogP contribution is -2.20. The Morgan fingerprint density at radius 1 is 0.852 bits per heavy atom. The fourth-order valence-corrected chi connectivity index (χ4v) is 2.12. The molecule has 0 aliphatic heterocycles. The summed E-state index contributed by atoms with van der Waals surface area (Å²) in [5, 5.41) is 4.03. The number of urea groups is 1. The highest BCUT2D eigenvalue weighted by molar-refractivity contribution is 5.99. The van der Waals surface area contributed by atoms with Gasteiger partial charge in [0.05, 0.1) is 18.2 Å². The van der Waals surface area contributed by atoms with Gasteiger partial charge in [-0.1, -0.05) is 0 Å². The molecule has 2 aromatic rings. The van der Waals surface area contributed by atoms with E-state index < -0.39 is 46.8 Å². The number of rotatable bonds is 3. The van der Waals surface area contributed by atoms with Crippen molar-refractivity contribution in [2.24, 2.45) is 0 Å². The van der Waals surface area contributed by atoms with Crippen molar-refractivity contribution in [1.82, 2.24) is 0 Å². The molecule has 0 atom stereocenters. The van der Waals surface area contributed by atoms with Crippen molar-refractivity contribution in [3.8, 4) is 5.75 Å². The van der Waals surface area contributed by atoms with Crippen LogP contribution in [0.5, 0.6) is 5.75 Å². The number of benzene rings is 2. The van der Waals surface area contributed by atoms with E-state index >= 15 is 0 Å². The molecule has 4 nitrogen and oxygen atoms in total. The fraction of sp³-hybridized carbons (Fsp3) is 0.188. The predicted molar refractivity (Wildman–Crippen MR) is 82.0 cm³/mol. The average molecular weight is 396 g/mol. The molecule has 2 rings (SSSR count). The van der Waals surface area contributed by atoms with E-state index in [1.54, 1.807) is 0 Å². The van der Waals surface area contributed by atoms with Gasteiger partial charge < -0.3 is 15.4 Å². The maximum absolute atomic E-state index is 13.2. The van der Waals surface area contributed by atoms with Gasteiger partial charge >= 0.3 is 18.4 Å². The summed E-state index contributed by atoms with van der Waals surface area (Å²) in [6.07, 6.45) is -9.73. The Morgan fingerprint density at radius 3 is 1.81 bits per heavy atom. The normalized spacial score (nSPS) is 11.9. The van der Waals surface area contributed by atoms with Crippen molar-refractivity contribution in [1.29, 1.82) is 0 Å². The number of alkyl halides is 6. The van der Waals surface area contributed by atoms with Gasteiger partial charge in [-0.15, -0.1) is 0 Å². The lowest BCUT2D eigenvalue weighted by Gasteiger charge is -2.15. The number of amides is 2. The summed E-state index contributed by atoms with van der Waals surface area (Å²) in [4.78, 5) is 11.8. The second kappa shape index (κ2) is 7.33. The van der Waals surface area contributed by atoms with Gasteiger partial charge in [-0.05, 0) is 36.4 Å². The number of methoxy groups -OCH3 is 1. The minimum Gasteiger partial charge on any atom is -0.496 e. The fourth-order valence-electron chi connectivity index (χ4n) is 2.12. The summed E-state index contributed by atoms with van der Waals surface area (Å²) in [5.41, 5.74) is -3.42. The molecule has 0 heterocycles. The molecule has 0 spiro atoms. The first-order valence-corrected chi connectivity index (χ1v) is 7.12. The lowest BCUT2D eigenvalue weighted by atomic mass is 10.1. The third-order valence-electron chi connectivity index (χ3n) is 3.29. The number of hydrogen-bond donors (Lipinski definition) is 2. The van der Waals surface area contributed by atoms with E-state index in [9.17, 15) is 35.5 Å². The number of nitrogens with one attached hydrogen (secondary N) is 2. The summed E-state index contributed by atoms with van der Waals surface area (Å²) in [6, 6.07) is 3.31. The Hall–Kier alpha value is -2.98. The molecule has 0 saturated heterocycles. The van der Waals surface area contributed by atoms with Crippen LogP contribution in [0.15, 0.2) is 36.4 Å². The molecule has 2 aromatic carbocycles. The zero-order chi connectivity index (χ0) is 20.4. The van der Waals surface area contributed by atoms with Crippen LogP contribution in [-0.2, 0) is 12.4 Å². The standard InChI is InChI=1S/C16H11F7N2O2/c1-27-13-5-3-9(7-11(13)16(21,22)23)25-14(26)24-8-2-4-12(17)10(6-8)15(18,19)20/h2-7H,1H3,(H2,24,25,26). The first-order valence-electron chi connectivity index (χ1n) is 7.12. The second-order valence-electron chi connectivity index (χ2n) is 5.18. The van der Waals surface area contributed by atoms with Gasteiger partial charge in [0.15, 0.2) is 0 Å². The third-order valence-corrected chi connectivity index (χ3v) is 3.29. The van der Waals surface area contributed by atoms with Crippen LogP contribution < -0.4 is 15.4 Å². The Morgan fingerprint density at radius 2 is 1.33 bits per heavy atom. The summed E-state index contributed by atoms with van der Waals surface area (Å²) >= 11 is 0. The Kier molecular flexibility index (Phi) is 5.52. The van der Waals surface area contributed by atoms with E-state index in [1.165, 1.54) is 0 Å². The summed E-state index contributed by atoms with van der Waals surface area (Å²) in [7, 11) is 1.04. The minimum atomic E-state index is -4.98. The molecule has 11 heteroatoms. The van der Waals surface area contributed by atoms with Gasteiger partial charge in [0.2, 0.25) is 0 Å². The van der Waals surface area contributed by atoms with Crippen LogP contribution in [0.2, 0.25) is 0 Å². The van der Waals surface area contributed by atoms with Crippen LogP contribution in [0.1, 0.15) is 11.1 Å². The van der Waals surface area contributed by atoms with E-state index in [4.69, 9.17) is 0 Å². The molecule has 0 unspecified atom stereocenters. The van der Waals surface area contributed by atoms with Crippen molar-refractivity contribution in [3.63, 3.8) is 0 Å². The van der Waals surface area contributed by atoms with Gasteiger partial charge in [0, 0.05) is 11.4 Å². The molecule has 146 valence electrons. The smallest absolute Gasteiger partial charge is 0.420 e. The number of halogens is 7. The Labute approximate surface area is 147 Å². The van der Waals surface area contributed by atoms with Gasteiger partial charge in [0.25, 0.3) is 0 Å². The first kappa shape index (κ1) is 20.3. The number of carbonyl (C=O) groups is 1. The van der Waals surface area contributed by atoms with E-state index in [2.05, 4.69) is 4.74 Å².